The number of fused-ring (bicyclic) bond motifs is 1. The van der Waals surface area contributed by atoms with Crippen LogP contribution < -0.4 is 11.2 Å². The summed E-state index contributed by atoms with van der Waals surface area (Å²) in [5.74, 6) is 0. The van der Waals surface area contributed by atoms with Crippen molar-refractivity contribution in [2.24, 2.45) is 0 Å². The summed E-state index contributed by atoms with van der Waals surface area (Å²) < 4.78 is 1.49. The first kappa shape index (κ1) is 8.75. The number of rotatable bonds is 0. The number of aromatic amines is 1. The van der Waals surface area contributed by atoms with Crippen LogP contribution in [0.4, 0.5) is 0 Å². The number of nitrogens with zero attached hydrogens (tertiary/aromatic N) is 2. The van der Waals surface area contributed by atoms with E-state index in [0.29, 0.717) is 18.7 Å². The van der Waals surface area contributed by atoms with E-state index in [9.17, 15) is 9.59 Å². The average molecular weight is 191 g/mol. The zero-order valence-corrected chi connectivity index (χ0v) is 7.54. The van der Waals surface area contributed by atoms with E-state index in [1.165, 1.54) is 4.57 Å². The lowest BCUT2D eigenvalue weighted by atomic mass is 10.1. The molecule has 1 aromatic heterocycles. The Hall–Kier alpha value is -1.83. The van der Waals surface area contributed by atoms with Gasteiger partial charge in [-0.3, -0.25) is 14.3 Å². The van der Waals surface area contributed by atoms with Gasteiger partial charge in [-0.15, -0.1) is 0 Å². The van der Waals surface area contributed by atoms with Gasteiger partial charge in [-0.25, -0.2) is 4.79 Å². The normalized spacial score (nSPS) is 14.5. The van der Waals surface area contributed by atoms with Crippen LogP contribution >= 0.6 is 0 Å². The van der Waals surface area contributed by atoms with Gasteiger partial charge in [0, 0.05) is 12.2 Å². The van der Waals surface area contributed by atoms with Crippen molar-refractivity contribution in [3.8, 4) is 6.07 Å². The minimum absolute atomic E-state index is 0.0873. The van der Waals surface area contributed by atoms with Crippen LogP contribution in [0.2, 0.25) is 0 Å². The lowest BCUT2D eigenvalue weighted by Crippen LogP contribution is -2.36. The van der Waals surface area contributed by atoms with E-state index in [-0.39, 0.29) is 5.56 Å². The monoisotopic (exact) mass is 191 g/mol. The predicted molar refractivity (Wildman–Crippen MR) is 49.0 cm³/mol. The Morgan fingerprint density at radius 1 is 1.36 bits per heavy atom. The van der Waals surface area contributed by atoms with E-state index in [4.69, 9.17) is 5.26 Å². The minimum Gasteiger partial charge on any atom is -0.296 e. The Morgan fingerprint density at radius 2 is 2.14 bits per heavy atom. The highest BCUT2D eigenvalue weighted by Gasteiger charge is 2.17. The Morgan fingerprint density at radius 3 is 2.86 bits per heavy atom. The number of aromatic nitrogens is 2. The summed E-state index contributed by atoms with van der Waals surface area (Å²) in [6.45, 7) is 0.597. The second-order valence-corrected chi connectivity index (χ2v) is 3.30. The van der Waals surface area contributed by atoms with E-state index >= 15 is 0 Å². The molecule has 0 saturated heterocycles. The molecule has 1 aliphatic heterocycles. The maximum Gasteiger partial charge on any atom is 0.328 e. The molecule has 72 valence electrons. The number of H-pyrrole nitrogens is 1. The Labute approximate surface area is 79.6 Å². The van der Waals surface area contributed by atoms with Gasteiger partial charge in [0.25, 0.3) is 5.56 Å². The van der Waals surface area contributed by atoms with Crippen molar-refractivity contribution in [2.45, 2.75) is 25.8 Å². The molecule has 0 unspecified atom stereocenters. The first-order chi connectivity index (χ1) is 6.74. The molecule has 5 nitrogen and oxygen atoms in total. The summed E-state index contributed by atoms with van der Waals surface area (Å²) >= 11 is 0. The van der Waals surface area contributed by atoms with Gasteiger partial charge in [-0.2, -0.15) is 5.26 Å². The quantitative estimate of drug-likeness (QED) is 0.613. The van der Waals surface area contributed by atoms with Crippen LogP contribution in [-0.2, 0) is 13.0 Å². The fraction of sp³-hybridized carbons (Fsp3) is 0.444. The second-order valence-electron chi connectivity index (χ2n) is 3.30. The van der Waals surface area contributed by atoms with Gasteiger partial charge in [-0.1, -0.05) is 0 Å². The van der Waals surface area contributed by atoms with Crippen LogP contribution in [0.3, 0.4) is 0 Å². The van der Waals surface area contributed by atoms with Crippen LogP contribution in [-0.4, -0.2) is 9.55 Å². The lowest BCUT2D eigenvalue weighted by Gasteiger charge is -2.17. The highest BCUT2D eigenvalue weighted by Crippen LogP contribution is 2.12. The van der Waals surface area contributed by atoms with E-state index in [1.54, 1.807) is 0 Å². The summed E-state index contributed by atoms with van der Waals surface area (Å²) in [5, 5.41) is 8.78. The third-order valence-electron chi connectivity index (χ3n) is 2.46. The zero-order valence-electron chi connectivity index (χ0n) is 7.54. The number of hydrogen-bond donors (Lipinski definition) is 1. The molecule has 0 spiro atoms. The van der Waals surface area contributed by atoms with Crippen molar-refractivity contribution in [3.63, 3.8) is 0 Å². The SMILES string of the molecule is N#Cc1c2n(c(=O)[nH]c1=O)CCCC2. The molecule has 1 aliphatic rings. The van der Waals surface area contributed by atoms with Gasteiger partial charge >= 0.3 is 5.69 Å². The summed E-state index contributed by atoms with van der Waals surface area (Å²) in [6.07, 6.45) is 2.49. The molecule has 0 fully saturated rings. The Kier molecular flexibility index (Phi) is 1.97. The van der Waals surface area contributed by atoms with Crippen molar-refractivity contribution >= 4 is 0 Å². The Bertz CT molecular complexity index is 518. The van der Waals surface area contributed by atoms with E-state index in [2.05, 4.69) is 4.98 Å². The van der Waals surface area contributed by atoms with Crippen molar-refractivity contribution in [3.05, 3.63) is 32.1 Å². The molecule has 0 radical (unpaired) electrons. The second kappa shape index (κ2) is 3.14. The zero-order chi connectivity index (χ0) is 10.1. The molecule has 1 N–H and O–H groups in total. The number of nitriles is 1. The van der Waals surface area contributed by atoms with Gasteiger partial charge in [0.05, 0.1) is 0 Å². The third kappa shape index (κ3) is 1.16. The smallest absolute Gasteiger partial charge is 0.296 e. The first-order valence-electron chi connectivity index (χ1n) is 4.50. The van der Waals surface area contributed by atoms with Gasteiger partial charge in [0.2, 0.25) is 0 Å². The van der Waals surface area contributed by atoms with Gasteiger partial charge in [0.15, 0.2) is 0 Å². The van der Waals surface area contributed by atoms with Crippen LogP contribution in [0.1, 0.15) is 24.1 Å². The highest BCUT2D eigenvalue weighted by molar-refractivity contribution is 5.31. The van der Waals surface area contributed by atoms with Crippen molar-refractivity contribution in [1.29, 1.82) is 5.26 Å². The first-order valence-corrected chi connectivity index (χ1v) is 4.50. The van der Waals surface area contributed by atoms with Gasteiger partial charge < -0.3 is 0 Å². The molecule has 0 aliphatic carbocycles. The topological polar surface area (TPSA) is 78.7 Å². The molecule has 0 saturated carbocycles. The van der Waals surface area contributed by atoms with E-state index in [1.807, 2.05) is 6.07 Å². The molecular weight excluding hydrogens is 182 g/mol. The van der Waals surface area contributed by atoms with Crippen LogP contribution in [0, 0.1) is 11.3 Å². The number of hydrogen-bond acceptors (Lipinski definition) is 3. The summed E-state index contributed by atoms with van der Waals surface area (Å²) in [4.78, 5) is 24.7. The fourth-order valence-electron chi connectivity index (χ4n) is 1.79. The summed E-state index contributed by atoms with van der Waals surface area (Å²) in [6, 6.07) is 1.85. The molecule has 2 rings (SSSR count). The minimum atomic E-state index is -0.564. The number of nitrogens with one attached hydrogen (secondary N) is 1. The molecule has 1 aromatic rings. The molecule has 5 heteroatoms. The van der Waals surface area contributed by atoms with E-state index in [0.717, 1.165) is 12.8 Å². The molecule has 0 amide bonds. The standard InChI is InChI=1S/C9H9N3O2/c10-5-6-7-3-1-2-4-12(7)9(14)11-8(6)13/h1-4H2,(H,11,13,14). The molecule has 14 heavy (non-hydrogen) atoms. The predicted octanol–water partition coefficient (Wildman–Crippen LogP) is -0.255. The lowest BCUT2D eigenvalue weighted by molar-refractivity contribution is 0.499. The molecular formula is C9H9N3O2. The van der Waals surface area contributed by atoms with Crippen molar-refractivity contribution in [1.82, 2.24) is 9.55 Å². The summed E-state index contributed by atoms with van der Waals surface area (Å²) in [7, 11) is 0. The molecule has 0 atom stereocenters. The maximum atomic E-state index is 11.4. The average Bonchev–Trinajstić information content (AvgIpc) is 2.18. The molecule has 2 heterocycles. The fourth-order valence-corrected chi connectivity index (χ4v) is 1.79. The van der Waals surface area contributed by atoms with Crippen LogP contribution in [0.5, 0.6) is 0 Å². The molecule has 0 aromatic carbocycles. The molecule has 0 bridgehead atoms. The van der Waals surface area contributed by atoms with Crippen LogP contribution in [0.25, 0.3) is 0 Å². The third-order valence-corrected chi connectivity index (χ3v) is 2.46. The Balaban J connectivity index is 2.82. The van der Waals surface area contributed by atoms with E-state index < -0.39 is 11.2 Å². The van der Waals surface area contributed by atoms with Crippen molar-refractivity contribution in [2.75, 3.05) is 0 Å². The van der Waals surface area contributed by atoms with Gasteiger partial charge in [0.1, 0.15) is 11.6 Å². The highest BCUT2D eigenvalue weighted by atomic mass is 16.2. The van der Waals surface area contributed by atoms with Crippen LogP contribution in [0.15, 0.2) is 9.59 Å². The van der Waals surface area contributed by atoms with Crippen molar-refractivity contribution < 1.29 is 0 Å². The van der Waals surface area contributed by atoms with Gasteiger partial charge in [-0.05, 0) is 19.3 Å². The maximum absolute atomic E-state index is 11.4. The largest absolute Gasteiger partial charge is 0.328 e. The summed E-state index contributed by atoms with van der Waals surface area (Å²) in [5.41, 5.74) is -0.286.